The molecule has 21 heavy (non-hydrogen) atoms. The molecule has 0 saturated heterocycles. The van der Waals surface area contributed by atoms with Gasteiger partial charge in [-0.15, -0.1) is 0 Å². The van der Waals surface area contributed by atoms with Crippen molar-refractivity contribution in [3.8, 4) is 0 Å². The fraction of sp³-hybridized carbons (Fsp3) is 0.143. The Morgan fingerprint density at radius 2 is 1.67 bits per heavy atom. The number of hydrogen-bond acceptors (Lipinski definition) is 3. The van der Waals surface area contributed by atoms with E-state index < -0.39 is 21.7 Å². The number of nitrogens with two attached hydrogens (primary N) is 1. The molecule has 0 aliphatic carbocycles. The minimum Gasteiger partial charge on any atom is -0.399 e. The Bertz CT molecular complexity index is 746. The predicted octanol–water partition coefficient (Wildman–Crippen LogP) is 2.76. The van der Waals surface area contributed by atoms with Gasteiger partial charge in [0, 0.05) is 12.2 Å². The van der Waals surface area contributed by atoms with Gasteiger partial charge in [0.15, 0.2) is 11.6 Å². The summed E-state index contributed by atoms with van der Waals surface area (Å²) in [6, 6.07) is 8.74. The first-order chi connectivity index (χ1) is 9.86. The number of halogens is 2. The molecule has 2 N–H and O–H groups in total. The van der Waals surface area contributed by atoms with Crippen molar-refractivity contribution in [1.29, 1.82) is 0 Å². The van der Waals surface area contributed by atoms with Crippen molar-refractivity contribution in [2.24, 2.45) is 0 Å². The molecule has 0 aromatic heterocycles. The number of rotatable bonds is 4. The van der Waals surface area contributed by atoms with E-state index in [1.165, 1.54) is 0 Å². The Morgan fingerprint density at radius 3 is 2.19 bits per heavy atom. The van der Waals surface area contributed by atoms with Crippen LogP contribution in [-0.2, 0) is 10.0 Å². The van der Waals surface area contributed by atoms with Crippen LogP contribution in [0.4, 0.5) is 20.2 Å². The molecule has 7 heteroatoms. The van der Waals surface area contributed by atoms with Gasteiger partial charge in [0.05, 0.1) is 10.6 Å². The zero-order valence-corrected chi connectivity index (χ0v) is 12.1. The quantitative estimate of drug-likeness (QED) is 0.883. The molecule has 2 rings (SSSR count). The monoisotopic (exact) mass is 312 g/mol. The summed E-state index contributed by atoms with van der Waals surface area (Å²) < 4.78 is 52.3. The highest BCUT2D eigenvalue weighted by atomic mass is 32.2. The first-order valence-corrected chi connectivity index (χ1v) is 7.63. The van der Waals surface area contributed by atoms with Crippen molar-refractivity contribution >= 4 is 21.4 Å². The number of anilines is 2. The van der Waals surface area contributed by atoms with Crippen LogP contribution >= 0.6 is 0 Å². The zero-order chi connectivity index (χ0) is 15.6. The van der Waals surface area contributed by atoms with Gasteiger partial charge in [-0.1, -0.05) is 0 Å². The number of hydrogen-bond donors (Lipinski definition) is 1. The Kier molecular flexibility index (Phi) is 4.13. The molecule has 0 aliphatic heterocycles. The summed E-state index contributed by atoms with van der Waals surface area (Å²) in [6.45, 7) is 1.79. The van der Waals surface area contributed by atoms with Crippen molar-refractivity contribution in [3.63, 3.8) is 0 Å². The van der Waals surface area contributed by atoms with Gasteiger partial charge in [-0.3, -0.25) is 4.31 Å². The molecule has 0 heterocycles. The van der Waals surface area contributed by atoms with E-state index in [-0.39, 0.29) is 11.4 Å². The minimum absolute atomic E-state index is 0.144. The van der Waals surface area contributed by atoms with Gasteiger partial charge in [-0.2, -0.15) is 0 Å². The van der Waals surface area contributed by atoms with Gasteiger partial charge in [0.25, 0.3) is 10.0 Å². The second-order valence-electron chi connectivity index (χ2n) is 4.34. The van der Waals surface area contributed by atoms with Crippen LogP contribution in [0, 0.1) is 11.6 Å². The third kappa shape index (κ3) is 2.97. The van der Waals surface area contributed by atoms with Gasteiger partial charge >= 0.3 is 0 Å². The van der Waals surface area contributed by atoms with Crippen LogP contribution in [0.5, 0.6) is 0 Å². The minimum atomic E-state index is -3.97. The Balaban J connectivity index is 2.49. The third-order valence-corrected chi connectivity index (χ3v) is 4.85. The molecule has 2 aromatic rings. The summed E-state index contributed by atoms with van der Waals surface area (Å²) in [7, 11) is -3.97. The molecule has 0 bridgehead atoms. The van der Waals surface area contributed by atoms with Crippen LogP contribution in [0.2, 0.25) is 0 Å². The summed E-state index contributed by atoms with van der Waals surface area (Å²) in [4.78, 5) is -0.305. The summed E-state index contributed by atoms with van der Waals surface area (Å²) in [5, 5.41) is 0. The van der Waals surface area contributed by atoms with Crippen LogP contribution in [0.25, 0.3) is 0 Å². The van der Waals surface area contributed by atoms with E-state index >= 15 is 0 Å². The average Bonchev–Trinajstić information content (AvgIpc) is 2.44. The van der Waals surface area contributed by atoms with Gasteiger partial charge in [-0.05, 0) is 49.4 Å². The van der Waals surface area contributed by atoms with Crippen molar-refractivity contribution in [3.05, 3.63) is 54.1 Å². The van der Waals surface area contributed by atoms with E-state index in [4.69, 9.17) is 5.73 Å². The van der Waals surface area contributed by atoms with Gasteiger partial charge < -0.3 is 5.73 Å². The summed E-state index contributed by atoms with van der Waals surface area (Å²) in [5.41, 5.74) is 6.47. The second kappa shape index (κ2) is 5.69. The fourth-order valence-corrected chi connectivity index (χ4v) is 3.38. The lowest BCUT2D eigenvalue weighted by Crippen LogP contribution is -2.30. The highest BCUT2D eigenvalue weighted by molar-refractivity contribution is 7.92. The molecule has 112 valence electrons. The summed E-state index contributed by atoms with van der Waals surface area (Å²) in [6.07, 6.45) is 0. The molecule has 0 atom stereocenters. The molecule has 4 nitrogen and oxygen atoms in total. The zero-order valence-electron chi connectivity index (χ0n) is 11.3. The molecule has 0 spiro atoms. The molecular weight excluding hydrogens is 298 g/mol. The molecule has 0 amide bonds. The molecule has 0 aliphatic rings. The van der Waals surface area contributed by atoms with Crippen LogP contribution < -0.4 is 10.0 Å². The van der Waals surface area contributed by atoms with Crippen LogP contribution in [0.15, 0.2) is 47.4 Å². The Hall–Kier alpha value is -2.15. The molecule has 0 saturated carbocycles. The number of sulfonamides is 1. The Labute approximate surface area is 121 Å². The number of benzene rings is 2. The Morgan fingerprint density at radius 1 is 1.05 bits per heavy atom. The highest BCUT2D eigenvalue weighted by Gasteiger charge is 2.24. The van der Waals surface area contributed by atoms with Gasteiger partial charge in [0.1, 0.15) is 0 Å². The molecule has 2 aromatic carbocycles. The normalized spacial score (nSPS) is 11.4. The predicted molar refractivity (Wildman–Crippen MR) is 77.4 cm³/mol. The van der Waals surface area contributed by atoms with Crippen LogP contribution in [-0.4, -0.2) is 15.0 Å². The second-order valence-corrected chi connectivity index (χ2v) is 6.20. The van der Waals surface area contributed by atoms with E-state index in [2.05, 4.69) is 0 Å². The molecule has 0 fully saturated rings. The number of nitrogens with zero attached hydrogens (tertiary/aromatic N) is 1. The highest BCUT2D eigenvalue weighted by Crippen LogP contribution is 2.25. The first-order valence-electron chi connectivity index (χ1n) is 6.19. The van der Waals surface area contributed by atoms with Gasteiger partial charge in [-0.25, -0.2) is 17.2 Å². The molecule has 0 radical (unpaired) electrons. The van der Waals surface area contributed by atoms with Crippen LogP contribution in [0.1, 0.15) is 6.92 Å². The number of nitrogen functional groups attached to an aromatic ring is 1. The standard InChI is InChI=1S/C14H14F2N2O2S/c1-2-18(11-5-3-10(17)4-6-11)21(19,20)12-7-8-13(15)14(16)9-12/h3-9H,2,17H2,1H3. The topological polar surface area (TPSA) is 63.4 Å². The van der Waals surface area contributed by atoms with E-state index in [9.17, 15) is 17.2 Å². The first kappa shape index (κ1) is 15.2. The lowest BCUT2D eigenvalue weighted by molar-refractivity contribution is 0.504. The van der Waals surface area contributed by atoms with E-state index in [1.807, 2.05) is 0 Å². The lowest BCUT2D eigenvalue weighted by Gasteiger charge is -2.23. The maximum absolute atomic E-state index is 13.3. The van der Waals surface area contributed by atoms with Crippen molar-refractivity contribution in [2.45, 2.75) is 11.8 Å². The van der Waals surface area contributed by atoms with E-state index in [0.717, 1.165) is 16.4 Å². The van der Waals surface area contributed by atoms with E-state index in [1.54, 1.807) is 31.2 Å². The molecular formula is C14H14F2N2O2S. The van der Waals surface area contributed by atoms with Gasteiger partial charge in [0.2, 0.25) is 0 Å². The van der Waals surface area contributed by atoms with Crippen LogP contribution in [0.3, 0.4) is 0 Å². The van der Waals surface area contributed by atoms with Crippen molar-refractivity contribution < 1.29 is 17.2 Å². The maximum Gasteiger partial charge on any atom is 0.264 e. The summed E-state index contributed by atoms with van der Waals surface area (Å²) >= 11 is 0. The lowest BCUT2D eigenvalue weighted by atomic mass is 10.3. The molecule has 0 unspecified atom stereocenters. The SMILES string of the molecule is CCN(c1ccc(N)cc1)S(=O)(=O)c1ccc(F)c(F)c1. The maximum atomic E-state index is 13.3. The fourth-order valence-electron chi connectivity index (χ4n) is 1.90. The van der Waals surface area contributed by atoms with E-state index in [0.29, 0.717) is 17.4 Å². The largest absolute Gasteiger partial charge is 0.399 e. The van der Waals surface area contributed by atoms with Crippen molar-refractivity contribution in [1.82, 2.24) is 0 Å². The average molecular weight is 312 g/mol. The third-order valence-electron chi connectivity index (χ3n) is 2.95. The summed E-state index contributed by atoms with van der Waals surface area (Å²) in [5.74, 6) is -2.30. The van der Waals surface area contributed by atoms with Crippen molar-refractivity contribution in [2.75, 3.05) is 16.6 Å². The smallest absolute Gasteiger partial charge is 0.264 e.